The van der Waals surface area contributed by atoms with E-state index < -0.39 is 10.2 Å². The van der Waals surface area contributed by atoms with Gasteiger partial charge in [0.1, 0.15) is 0 Å². The predicted octanol–water partition coefficient (Wildman–Crippen LogP) is -0.277. The monoisotopic (exact) mass is 308 g/mol. The van der Waals surface area contributed by atoms with Gasteiger partial charge in [0.05, 0.1) is 13.0 Å². The normalized spacial score (nSPS) is 21.4. The van der Waals surface area contributed by atoms with Crippen molar-refractivity contribution in [3.05, 3.63) is 0 Å². The number of rotatable bonds is 6. The summed E-state index contributed by atoms with van der Waals surface area (Å²) < 4.78 is 32.9. The van der Waals surface area contributed by atoms with Crippen LogP contribution >= 0.6 is 0 Å². The maximum atomic E-state index is 12.2. The van der Waals surface area contributed by atoms with Gasteiger partial charge in [0.25, 0.3) is 10.2 Å². The third kappa shape index (κ3) is 4.41. The Morgan fingerprint density at radius 1 is 1.40 bits per heavy atom. The number of nitrogens with zero attached hydrogens (tertiary/aromatic N) is 1. The maximum Gasteiger partial charge on any atom is 0.308 e. The molecule has 1 fully saturated rings. The van der Waals surface area contributed by atoms with Crippen LogP contribution in [-0.2, 0) is 19.7 Å². The Morgan fingerprint density at radius 3 is 2.40 bits per heavy atom. The van der Waals surface area contributed by atoms with Crippen molar-refractivity contribution in [1.82, 2.24) is 9.03 Å². The van der Waals surface area contributed by atoms with Gasteiger partial charge in [-0.1, -0.05) is 6.92 Å². The van der Waals surface area contributed by atoms with Crippen molar-refractivity contribution in [1.29, 1.82) is 0 Å². The molecule has 0 saturated carbocycles. The molecule has 2 atom stereocenters. The quantitative estimate of drug-likeness (QED) is 0.658. The Balaban J connectivity index is 2.57. The Morgan fingerprint density at radius 2 is 1.95 bits per heavy atom. The average Bonchev–Trinajstić information content (AvgIpc) is 2.45. The number of piperidine rings is 1. The first-order chi connectivity index (χ1) is 9.31. The van der Waals surface area contributed by atoms with E-state index in [9.17, 15) is 13.2 Å². The number of carbonyl (C=O) groups excluding carboxylic acids is 1. The molecular formula is C12H24N2O5S. The van der Waals surface area contributed by atoms with Gasteiger partial charge in [-0.3, -0.25) is 4.79 Å². The zero-order valence-corrected chi connectivity index (χ0v) is 13.0. The SMILES string of the molecule is COC(=O)C1CCN(S(=O)(=O)NC(C)C(C)CO)CC1. The molecule has 1 aliphatic rings. The molecule has 0 amide bonds. The molecule has 2 N–H and O–H groups in total. The van der Waals surface area contributed by atoms with Crippen LogP contribution in [0.15, 0.2) is 0 Å². The maximum absolute atomic E-state index is 12.2. The van der Waals surface area contributed by atoms with Crippen molar-refractivity contribution in [3.8, 4) is 0 Å². The van der Waals surface area contributed by atoms with Gasteiger partial charge in [0, 0.05) is 25.7 Å². The predicted molar refractivity (Wildman–Crippen MR) is 74.1 cm³/mol. The molecule has 1 heterocycles. The first-order valence-corrected chi connectivity index (χ1v) is 8.22. The summed E-state index contributed by atoms with van der Waals surface area (Å²) in [6.07, 6.45) is 0.940. The number of ether oxygens (including phenoxy) is 1. The van der Waals surface area contributed by atoms with Crippen LogP contribution in [0.1, 0.15) is 26.7 Å². The summed E-state index contributed by atoms with van der Waals surface area (Å²) in [5, 5.41) is 9.04. The van der Waals surface area contributed by atoms with Gasteiger partial charge < -0.3 is 9.84 Å². The van der Waals surface area contributed by atoms with E-state index in [0.717, 1.165) is 0 Å². The lowest BCUT2D eigenvalue weighted by Crippen LogP contribution is -2.50. The summed E-state index contributed by atoms with van der Waals surface area (Å²) in [5.41, 5.74) is 0. The summed E-state index contributed by atoms with van der Waals surface area (Å²) in [6, 6.07) is -0.344. The molecule has 1 aliphatic heterocycles. The van der Waals surface area contributed by atoms with Gasteiger partial charge in [-0.25, -0.2) is 0 Å². The van der Waals surface area contributed by atoms with E-state index in [2.05, 4.69) is 9.46 Å². The number of aliphatic hydroxyl groups is 1. The number of hydrogen-bond donors (Lipinski definition) is 2. The van der Waals surface area contributed by atoms with Crippen molar-refractivity contribution in [3.63, 3.8) is 0 Å². The van der Waals surface area contributed by atoms with Crippen molar-refractivity contribution >= 4 is 16.2 Å². The molecule has 0 aromatic heterocycles. The highest BCUT2D eigenvalue weighted by atomic mass is 32.2. The molecule has 118 valence electrons. The number of aliphatic hydroxyl groups excluding tert-OH is 1. The van der Waals surface area contributed by atoms with Gasteiger partial charge in [-0.15, -0.1) is 0 Å². The average molecular weight is 308 g/mol. The van der Waals surface area contributed by atoms with Crippen LogP contribution in [0, 0.1) is 11.8 Å². The van der Waals surface area contributed by atoms with Crippen LogP contribution in [0.2, 0.25) is 0 Å². The fraction of sp³-hybridized carbons (Fsp3) is 0.917. The van der Waals surface area contributed by atoms with Crippen molar-refractivity contribution in [2.24, 2.45) is 11.8 Å². The summed E-state index contributed by atoms with van der Waals surface area (Å²) in [5.74, 6) is -0.657. The second-order valence-electron chi connectivity index (χ2n) is 5.27. The number of nitrogens with one attached hydrogen (secondary N) is 1. The van der Waals surface area contributed by atoms with E-state index in [1.165, 1.54) is 11.4 Å². The lowest BCUT2D eigenvalue weighted by atomic mass is 9.99. The number of carbonyl (C=O) groups is 1. The van der Waals surface area contributed by atoms with Crippen LogP contribution in [0.3, 0.4) is 0 Å². The lowest BCUT2D eigenvalue weighted by molar-refractivity contribution is -0.146. The van der Waals surface area contributed by atoms with Crippen LogP contribution in [0.25, 0.3) is 0 Å². The largest absolute Gasteiger partial charge is 0.469 e. The molecule has 0 aromatic rings. The molecule has 1 rings (SSSR count). The first-order valence-electron chi connectivity index (χ1n) is 6.78. The second-order valence-corrected chi connectivity index (χ2v) is 6.97. The van der Waals surface area contributed by atoms with E-state index in [1.807, 2.05) is 0 Å². The van der Waals surface area contributed by atoms with E-state index >= 15 is 0 Å². The first kappa shape index (κ1) is 17.4. The van der Waals surface area contributed by atoms with E-state index in [-0.39, 0.29) is 30.5 Å². The molecule has 2 unspecified atom stereocenters. The van der Waals surface area contributed by atoms with Crippen molar-refractivity contribution in [2.45, 2.75) is 32.7 Å². The van der Waals surface area contributed by atoms with Gasteiger partial charge in [-0.2, -0.15) is 17.4 Å². The summed E-state index contributed by atoms with van der Waals surface area (Å²) >= 11 is 0. The van der Waals surface area contributed by atoms with Gasteiger partial charge in [0.15, 0.2) is 0 Å². The molecule has 0 radical (unpaired) electrons. The highest BCUT2D eigenvalue weighted by Crippen LogP contribution is 2.20. The van der Waals surface area contributed by atoms with Crippen molar-refractivity contribution in [2.75, 3.05) is 26.8 Å². The van der Waals surface area contributed by atoms with Gasteiger partial charge in [0.2, 0.25) is 0 Å². The van der Waals surface area contributed by atoms with Gasteiger partial charge >= 0.3 is 5.97 Å². The fourth-order valence-electron chi connectivity index (χ4n) is 2.08. The van der Waals surface area contributed by atoms with Crippen LogP contribution in [-0.4, -0.2) is 56.6 Å². The minimum atomic E-state index is -3.57. The zero-order valence-electron chi connectivity index (χ0n) is 12.2. The third-order valence-corrected chi connectivity index (χ3v) is 5.52. The smallest absolute Gasteiger partial charge is 0.308 e. The molecule has 0 aromatic carbocycles. The topological polar surface area (TPSA) is 95.9 Å². The van der Waals surface area contributed by atoms with E-state index in [0.29, 0.717) is 25.9 Å². The third-order valence-electron chi connectivity index (χ3n) is 3.80. The second kappa shape index (κ2) is 7.35. The zero-order chi connectivity index (χ0) is 15.3. The summed E-state index contributed by atoms with van der Waals surface area (Å²) in [6.45, 7) is 4.02. The highest BCUT2D eigenvalue weighted by molar-refractivity contribution is 7.87. The van der Waals surface area contributed by atoms with E-state index in [1.54, 1.807) is 13.8 Å². The van der Waals surface area contributed by atoms with Crippen LogP contribution in [0.4, 0.5) is 0 Å². The van der Waals surface area contributed by atoms with Crippen LogP contribution in [0.5, 0.6) is 0 Å². The highest BCUT2D eigenvalue weighted by Gasteiger charge is 2.32. The van der Waals surface area contributed by atoms with E-state index in [4.69, 9.17) is 5.11 Å². The number of methoxy groups -OCH3 is 1. The van der Waals surface area contributed by atoms with Crippen LogP contribution < -0.4 is 4.72 Å². The Hall–Kier alpha value is -0.700. The molecule has 7 nitrogen and oxygen atoms in total. The van der Waals surface area contributed by atoms with Crippen molar-refractivity contribution < 1.29 is 23.1 Å². The standard InChI is InChI=1S/C12H24N2O5S/c1-9(8-15)10(2)13-20(17,18)14-6-4-11(5-7-14)12(16)19-3/h9-11,13,15H,4-8H2,1-3H3. The van der Waals surface area contributed by atoms with Gasteiger partial charge in [-0.05, 0) is 25.7 Å². The fourth-order valence-corrected chi connectivity index (χ4v) is 3.62. The molecule has 0 spiro atoms. The molecule has 8 heteroatoms. The molecule has 1 saturated heterocycles. The number of hydrogen-bond acceptors (Lipinski definition) is 5. The molecule has 0 aliphatic carbocycles. The number of esters is 1. The Kier molecular flexibility index (Phi) is 6.38. The Bertz CT molecular complexity index is 418. The Labute approximate surface area is 120 Å². The summed E-state index contributed by atoms with van der Waals surface area (Å²) in [7, 11) is -2.24. The molecule has 0 bridgehead atoms. The minimum absolute atomic E-state index is 0.0753. The summed E-state index contributed by atoms with van der Waals surface area (Å²) in [4.78, 5) is 11.4. The minimum Gasteiger partial charge on any atom is -0.469 e. The molecular weight excluding hydrogens is 284 g/mol. The molecule has 20 heavy (non-hydrogen) atoms. The lowest BCUT2D eigenvalue weighted by Gasteiger charge is -2.31.